The molecular formula is C87H85NO. The van der Waals surface area contributed by atoms with Crippen molar-refractivity contribution in [3.05, 3.63) is 269 Å². The van der Waals surface area contributed by atoms with E-state index in [1.165, 1.54) is 100 Å². The van der Waals surface area contributed by atoms with Crippen LogP contribution in [-0.4, -0.2) is 0 Å². The Hall–Kier alpha value is -8.98. The first-order chi connectivity index (χ1) is 42.1. The van der Waals surface area contributed by atoms with Gasteiger partial charge in [0.2, 0.25) is 0 Å². The third-order valence-electron chi connectivity index (χ3n) is 19.0. The van der Waals surface area contributed by atoms with Crippen LogP contribution in [0, 0.1) is 13.8 Å². The van der Waals surface area contributed by atoms with Crippen molar-refractivity contribution in [2.24, 2.45) is 0 Å². The van der Waals surface area contributed by atoms with Gasteiger partial charge >= 0.3 is 0 Å². The average Bonchev–Trinajstić information content (AvgIpc) is 1.72. The summed E-state index contributed by atoms with van der Waals surface area (Å²) < 4.78 is 7.13. The summed E-state index contributed by atoms with van der Waals surface area (Å²) >= 11 is 0. The lowest BCUT2D eigenvalue weighted by Gasteiger charge is -2.34. The molecule has 444 valence electrons. The summed E-state index contributed by atoms with van der Waals surface area (Å²) in [5.41, 5.74) is 32.3. The molecule has 89 heavy (non-hydrogen) atoms. The summed E-state index contributed by atoms with van der Waals surface area (Å²) in [4.78, 5) is 2.44. The first-order valence-corrected chi connectivity index (χ1v) is 32.0. The van der Waals surface area contributed by atoms with Gasteiger partial charge in [-0.05, 0) is 248 Å². The average molecular weight is 1160 g/mol. The van der Waals surface area contributed by atoms with E-state index in [0.717, 1.165) is 61.9 Å². The molecule has 0 atom stereocenters. The smallest absolute Gasteiger partial charge is 0.152 e. The van der Waals surface area contributed by atoms with E-state index in [-0.39, 0.29) is 27.1 Å². The molecule has 1 heterocycles. The first kappa shape index (κ1) is 59.0. The Kier molecular flexibility index (Phi) is 14.4. The van der Waals surface area contributed by atoms with Gasteiger partial charge in [-0.15, -0.1) is 0 Å². The Morgan fingerprint density at radius 1 is 0.270 bits per heavy atom. The van der Waals surface area contributed by atoms with Gasteiger partial charge in [-0.3, -0.25) is 0 Å². The van der Waals surface area contributed by atoms with Crippen molar-refractivity contribution in [3.8, 4) is 101 Å². The minimum absolute atomic E-state index is 0.0302. The predicted molar refractivity (Wildman–Crippen MR) is 381 cm³/mol. The van der Waals surface area contributed by atoms with Gasteiger partial charge in [0.05, 0.1) is 11.4 Å². The summed E-state index contributed by atoms with van der Waals surface area (Å²) in [6, 6.07) is 86.0. The number of rotatable bonds is 8. The number of aryl methyl sites for hydroxylation is 2. The predicted octanol–water partition coefficient (Wildman–Crippen LogP) is 25.0. The molecule has 0 radical (unpaired) electrons. The molecule has 0 saturated carbocycles. The van der Waals surface area contributed by atoms with Crippen LogP contribution in [-0.2, 0) is 27.1 Å². The Labute approximate surface area is 531 Å². The molecule has 0 spiro atoms. The van der Waals surface area contributed by atoms with E-state index in [9.17, 15) is 0 Å². The Morgan fingerprint density at radius 3 is 0.944 bits per heavy atom. The molecule has 2 heteroatoms. The van der Waals surface area contributed by atoms with Crippen molar-refractivity contribution in [2.45, 2.75) is 138 Å². The number of hydrogen-bond acceptors (Lipinski definition) is 2. The van der Waals surface area contributed by atoms with E-state index in [2.05, 4.69) is 340 Å². The molecule has 11 aromatic carbocycles. The third kappa shape index (κ3) is 11.4. The second-order valence-corrected chi connectivity index (χ2v) is 30.2. The molecule has 0 N–H and O–H groups in total. The molecule has 0 unspecified atom stereocenters. The lowest BCUT2D eigenvalue weighted by Crippen LogP contribution is -2.16. The van der Waals surface area contributed by atoms with Gasteiger partial charge < -0.3 is 9.64 Å². The maximum absolute atomic E-state index is 7.13. The quantitative estimate of drug-likeness (QED) is 0.150. The van der Waals surface area contributed by atoms with Gasteiger partial charge in [-0.2, -0.15) is 0 Å². The molecule has 0 saturated heterocycles. The summed E-state index contributed by atoms with van der Waals surface area (Å²) in [7, 11) is 0. The molecule has 0 aromatic heterocycles. The highest BCUT2D eigenvalue weighted by Crippen LogP contribution is 2.55. The van der Waals surface area contributed by atoms with Crippen molar-refractivity contribution in [3.63, 3.8) is 0 Å². The normalized spacial score (nSPS) is 13.6. The van der Waals surface area contributed by atoms with Gasteiger partial charge in [0.1, 0.15) is 0 Å². The Balaban J connectivity index is 1.04. The van der Waals surface area contributed by atoms with Crippen molar-refractivity contribution in [1.29, 1.82) is 0 Å². The monoisotopic (exact) mass is 1160 g/mol. The van der Waals surface area contributed by atoms with E-state index < -0.39 is 0 Å². The standard InChI is InChI=1S/C87H85NO/c1-54-17-37-75-76-38-27-60(52-78(76)87(15,16)77(75)41-54)61-28-40-80-82(53-61)89-81-42-55(2)18-39-79(81)88(80)74-50-68(66-45-62(56-19-29-70(30-20-56)83(3,4)5)43-63(46-66)57-21-31-71(32-22-57)84(6,7)8)49-69(51-74)67-47-64(58-23-33-72(34-24-58)85(9,10)11)44-65(48-67)59-25-35-73(36-26-59)86(12,13)14/h17-53H,1-16H3. The van der Waals surface area contributed by atoms with Crippen LogP contribution in [0.5, 0.6) is 11.5 Å². The molecule has 2 aliphatic rings. The van der Waals surface area contributed by atoms with Crippen LogP contribution in [0.25, 0.3) is 89.0 Å². The highest BCUT2D eigenvalue weighted by Gasteiger charge is 2.36. The second kappa shape index (κ2) is 21.7. The zero-order valence-corrected chi connectivity index (χ0v) is 55.2. The topological polar surface area (TPSA) is 12.5 Å². The van der Waals surface area contributed by atoms with Crippen LogP contribution >= 0.6 is 0 Å². The summed E-state index contributed by atoms with van der Waals surface area (Å²) in [6.07, 6.45) is 0. The lowest BCUT2D eigenvalue weighted by atomic mass is 9.81. The molecule has 11 aromatic rings. The Morgan fingerprint density at radius 2 is 0.551 bits per heavy atom. The van der Waals surface area contributed by atoms with Crippen LogP contribution in [0.4, 0.5) is 17.1 Å². The highest BCUT2D eigenvalue weighted by molar-refractivity contribution is 5.94. The summed E-state index contributed by atoms with van der Waals surface area (Å²) in [6.45, 7) is 36.5. The number of ether oxygens (including phenoxy) is 1. The summed E-state index contributed by atoms with van der Waals surface area (Å²) in [5.74, 6) is 1.64. The van der Waals surface area contributed by atoms with E-state index in [1.54, 1.807) is 0 Å². The molecule has 1 aliphatic heterocycles. The van der Waals surface area contributed by atoms with Gasteiger partial charge in [-0.25, -0.2) is 0 Å². The van der Waals surface area contributed by atoms with Crippen molar-refractivity contribution in [2.75, 3.05) is 4.90 Å². The molecular weight excluding hydrogens is 1070 g/mol. The first-order valence-electron chi connectivity index (χ1n) is 32.0. The fraction of sp³-hybridized carbons (Fsp3) is 0.241. The van der Waals surface area contributed by atoms with Crippen LogP contribution < -0.4 is 9.64 Å². The summed E-state index contributed by atoms with van der Waals surface area (Å²) in [5, 5.41) is 0. The van der Waals surface area contributed by atoms with Crippen molar-refractivity contribution >= 4 is 17.1 Å². The van der Waals surface area contributed by atoms with E-state index in [0.29, 0.717) is 0 Å². The second-order valence-electron chi connectivity index (χ2n) is 30.2. The van der Waals surface area contributed by atoms with Crippen LogP contribution in [0.1, 0.15) is 141 Å². The number of fused-ring (bicyclic) bond motifs is 5. The number of nitrogens with zero attached hydrogens (tertiary/aromatic N) is 1. The van der Waals surface area contributed by atoms with Crippen LogP contribution in [0.3, 0.4) is 0 Å². The maximum atomic E-state index is 7.13. The number of anilines is 3. The SMILES string of the molecule is Cc1ccc2c(c1)Oc1cc(-c3ccc4c(c3)C(C)(C)c3cc(C)ccc3-4)ccc1N2c1cc(-c2cc(-c3ccc(C(C)(C)C)cc3)cc(-c3ccc(C(C)(C)C)cc3)c2)cc(-c2cc(-c3ccc(C(C)(C)C)cc3)cc(-c3ccc(C(C)(C)C)cc3)c2)c1. The largest absolute Gasteiger partial charge is 0.453 e. The molecule has 1 aliphatic carbocycles. The molecule has 2 nitrogen and oxygen atoms in total. The zero-order chi connectivity index (χ0) is 62.7. The fourth-order valence-corrected chi connectivity index (χ4v) is 13.4. The molecule has 0 amide bonds. The number of benzene rings is 11. The van der Waals surface area contributed by atoms with Crippen LogP contribution in [0.15, 0.2) is 224 Å². The highest BCUT2D eigenvalue weighted by atomic mass is 16.5. The molecule has 0 fully saturated rings. The Bertz CT molecular complexity index is 4210. The van der Waals surface area contributed by atoms with Gasteiger partial charge in [0.25, 0.3) is 0 Å². The van der Waals surface area contributed by atoms with E-state index in [1.807, 2.05) is 0 Å². The van der Waals surface area contributed by atoms with Crippen LogP contribution in [0.2, 0.25) is 0 Å². The third-order valence-corrected chi connectivity index (χ3v) is 19.0. The zero-order valence-electron chi connectivity index (χ0n) is 55.2. The maximum Gasteiger partial charge on any atom is 0.152 e. The molecule has 13 rings (SSSR count). The van der Waals surface area contributed by atoms with E-state index >= 15 is 0 Å². The van der Waals surface area contributed by atoms with Gasteiger partial charge in [0, 0.05) is 11.1 Å². The minimum atomic E-state index is -0.129. The van der Waals surface area contributed by atoms with Gasteiger partial charge in [-0.1, -0.05) is 242 Å². The van der Waals surface area contributed by atoms with Gasteiger partial charge in [0.15, 0.2) is 11.5 Å². The van der Waals surface area contributed by atoms with Crippen molar-refractivity contribution < 1.29 is 4.74 Å². The minimum Gasteiger partial charge on any atom is -0.453 e. The molecule has 0 bridgehead atoms. The van der Waals surface area contributed by atoms with E-state index in [4.69, 9.17) is 4.74 Å². The fourth-order valence-electron chi connectivity index (χ4n) is 13.4. The number of hydrogen-bond donors (Lipinski definition) is 0. The van der Waals surface area contributed by atoms with Crippen molar-refractivity contribution in [1.82, 2.24) is 0 Å². The lowest BCUT2D eigenvalue weighted by molar-refractivity contribution is 0.477.